The summed E-state index contributed by atoms with van der Waals surface area (Å²) < 4.78 is 5.77. The molecule has 2 aromatic rings. The van der Waals surface area contributed by atoms with E-state index in [9.17, 15) is 4.79 Å². The number of nitrogens with zero attached hydrogens (tertiary/aromatic N) is 1. The Hall–Kier alpha value is -1.81. The second kappa shape index (κ2) is 9.41. The molecule has 0 aromatic heterocycles. The molecular formula is C23H28BrNO2. The third-order valence-electron chi connectivity index (χ3n) is 5.44. The number of unbranched alkanes of at least 4 members (excludes halogenated alkanes) is 1. The molecule has 0 N–H and O–H groups in total. The predicted octanol–water partition coefficient (Wildman–Crippen LogP) is 5.50. The van der Waals surface area contributed by atoms with Crippen molar-refractivity contribution in [1.29, 1.82) is 0 Å². The molecule has 3 nitrogen and oxygen atoms in total. The first-order valence-electron chi connectivity index (χ1n) is 9.72. The van der Waals surface area contributed by atoms with Crippen LogP contribution in [0.1, 0.15) is 36.8 Å². The van der Waals surface area contributed by atoms with E-state index in [1.54, 1.807) is 0 Å². The van der Waals surface area contributed by atoms with Gasteiger partial charge in [-0.25, -0.2) is 0 Å². The number of alkyl halides is 1. The van der Waals surface area contributed by atoms with Gasteiger partial charge >= 0.3 is 5.97 Å². The summed E-state index contributed by atoms with van der Waals surface area (Å²) in [5.74, 6) is -0.0458. The van der Waals surface area contributed by atoms with Gasteiger partial charge in [-0.3, -0.25) is 4.79 Å². The highest BCUT2D eigenvalue weighted by atomic mass is 79.9. The van der Waals surface area contributed by atoms with E-state index in [4.69, 9.17) is 4.74 Å². The Labute approximate surface area is 170 Å². The summed E-state index contributed by atoms with van der Waals surface area (Å²) in [5.41, 5.74) is 3.08. The van der Waals surface area contributed by atoms with Gasteiger partial charge in [0.15, 0.2) is 0 Å². The number of aryl methyl sites for hydroxylation is 1. The number of carbonyl (C=O) groups is 1. The number of halogens is 1. The Morgan fingerprint density at radius 2 is 1.85 bits per heavy atom. The van der Waals surface area contributed by atoms with Gasteiger partial charge in [0, 0.05) is 24.1 Å². The van der Waals surface area contributed by atoms with E-state index >= 15 is 0 Å². The zero-order valence-electron chi connectivity index (χ0n) is 16.0. The van der Waals surface area contributed by atoms with Gasteiger partial charge < -0.3 is 9.64 Å². The molecule has 0 bridgehead atoms. The van der Waals surface area contributed by atoms with Crippen LogP contribution in [0.3, 0.4) is 0 Å². The smallest absolute Gasteiger partial charge is 0.314 e. The molecule has 0 saturated carbocycles. The van der Waals surface area contributed by atoms with Crippen LogP contribution in [-0.2, 0) is 16.1 Å². The van der Waals surface area contributed by atoms with Crippen LogP contribution in [0.25, 0.3) is 0 Å². The van der Waals surface area contributed by atoms with Gasteiger partial charge in [-0.1, -0.05) is 70.4 Å². The number of rotatable bonds is 8. The third-order valence-corrected chi connectivity index (χ3v) is 6.00. The normalized spacial score (nSPS) is 19.3. The van der Waals surface area contributed by atoms with Crippen LogP contribution in [0.2, 0.25) is 0 Å². The van der Waals surface area contributed by atoms with E-state index in [2.05, 4.69) is 52.0 Å². The van der Waals surface area contributed by atoms with Gasteiger partial charge in [-0.05, 0) is 43.9 Å². The second-order valence-corrected chi connectivity index (χ2v) is 8.29. The van der Waals surface area contributed by atoms with Crippen molar-refractivity contribution in [3.05, 3.63) is 65.7 Å². The van der Waals surface area contributed by atoms with Gasteiger partial charge in [0.05, 0.1) is 5.41 Å². The van der Waals surface area contributed by atoms with Gasteiger partial charge in [0.1, 0.15) is 6.61 Å². The van der Waals surface area contributed by atoms with Gasteiger partial charge in [-0.2, -0.15) is 0 Å². The van der Waals surface area contributed by atoms with Crippen molar-refractivity contribution in [3.63, 3.8) is 0 Å². The Bertz CT molecular complexity index is 732. The lowest BCUT2D eigenvalue weighted by Crippen LogP contribution is -2.36. The summed E-state index contributed by atoms with van der Waals surface area (Å²) in [4.78, 5) is 15.4. The maximum absolute atomic E-state index is 13.1. The molecule has 1 saturated heterocycles. The van der Waals surface area contributed by atoms with Crippen LogP contribution in [0, 0.1) is 12.3 Å². The molecule has 1 heterocycles. The topological polar surface area (TPSA) is 29.5 Å². The quantitative estimate of drug-likeness (QED) is 0.315. The molecule has 144 valence electrons. The molecule has 0 spiro atoms. The van der Waals surface area contributed by atoms with Crippen LogP contribution < -0.4 is 4.90 Å². The van der Waals surface area contributed by atoms with E-state index in [1.165, 1.54) is 11.3 Å². The van der Waals surface area contributed by atoms with Gasteiger partial charge in [0.2, 0.25) is 0 Å². The Balaban J connectivity index is 1.69. The maximum Gasteiger partial charge on any atom is 0.314 e. The fourth-order valence-electron chi connectivity index (χ4n) is 3.76. The molecule has 1 aliphatic heterocycles. The van der Waals surface area contributed by atoms with Crippen molar-refractivity contribution in [2.24, 2.45) is 5.41 Å². The number of benzene rings is 2. The van der Waals surface area contributed by atoms with E-state index in [1.807, 2.05) is 30.3 Å². The van der Waals surface area contributed by atoms with Crippen LogP contribution in [0.4, 0.5) is 5.69 Å². The molecule has 27 heavy (non-hydrogen) atoms. The van der Waals surface area contributed by atoms with E-state index < -0.39 is 5.41 Å². The monoisotopic (exact) mass is 429 g/mol. The summed E-state index contributed by atoms with van der Waals surface area (Å²) in [6.45, 7) is 4.09. The summed E-state index contributed by atoms with van der Waals surface area (Å²) in [6, 6.07) is 18.5. The average molecular weight is 430 g/mol. The van der Waals surface area contributed by atoms with Crippen molar-refractivity contribution in [2.45, 2.75) is 39.2 Å². The summed E-state index contributed by atoms with van der Waals surface area (Å²) in [7, 11) is 0. The summed E-state index contributed by atoms with van der Waals surface area (Å²) in [5, 5.41) is 0.976. The molecule has 0 radical (unpaired) electrons. The lowest BCUT2D eigenvalue weighted by molar-refractivity contribution is -0.156. The minimum atomic E-state index is -0.401. The van der Waals surface area contributed by atoms with Crippen molar-refractivity contribution in [3.8, 4) is 0 Å². The van der Waals surface area contributed by atoms with Gasteiger partial charge in [0.25, 0.3) is 0 Å². The number of ether oxygens (including phenoxy) is 1. The number of carbonyl (C=O) groups excluding carboxylic acids is 1. The minimum Gasteiger partial charge on any atom is -0.460 e. The molecule has 1 aliphatic rings. The first-order valence-corrected chi connectivity index (χ1v) is 10.8. The maximum atomic E-state index is 13.1. The highest BCUT2D eigenvalue weighted by molar-refractivity contribution is 9.09. The molecule has 0 aliphatic carbocycles. The molecular weight excluding hydrogens is 402 g/mol. The number of hydrogen-bond donors (Lipinski definition) is 0. The first kappa shape index (κ1) is 19.9. The highest BCUT2D eigenvalue weighted by Gasteiger charge is 2.45. The van der Waals surface area contributed by atoms with E-state index in [0.29, 0.717) is 6.61 Å². The molecule has 3 rings (SSSR count). The predicted molar refractivity (Wildman–Crippen MR) is 114 cm³/mol. The Morgan fingerprint density at radius 3 is 2.56 bits per heavy atom. The molecule has 2 aromatic carbocycles. The lowest BCUT2D eigenvalue weighted by atomic mass is 9.82. The number of hydrogen-bond acceptors (Lipinski definition) is 3. The number of anilines is 1. The first-order chi connectivity index (χ1) is 13.1. The van der Waals surface area contributed by atoms with Crippen LogP contribution in [0.5, 0.6) is 0 Å². The highest BCUT2D eigenvalue weighted by Crippen LogP contribution is 2.39. The fourth-order valence-corrected chi connectivity index (χ4v) is 4.15. The minimum absolute atomic E-state index is 0.0458. The zero-order chi connectivity index (χ0) is 19.1. The zero-order valence-corrected chi connectivity index (χ0v) is 17.6. The molecule has 4 heteroatoms. The van der Waals surface area contributed by atoms with E-state index in [-0.39, 0.29) is 5.97 Å². The van der Waals surface area contributed by atoms with Crippen LogP contribution in [-0.4, -0.2) is 24.4 Å². The lowest BCUT2D eigenvalue weighted by Gasteiger charge is -2.28. The summed E-state index contributed by atoms with van der Waals surface area (Å²) >= 11 is 3.50. The van der Waals surface area contributed by atoms with Crippen LogP contribution in [0.15, 0.2) is 54.6 Å². The number of esters is 1. The van der Waals surface area contributed by atoms with Crippen LogP contribution >= 0.6 is 15.9 Å². The molecule has 1 fully saturated rings. The third kappa shape index (κ3) is 5.13. The van der Waals surface area contributed by atoms with Crippen molar-refractivity contribution < 1.29 is 9.53 Å². The molecule has 1 atom stereocenters. The standard InChI is InChI=1S/C23H28BrNO2/c1-19-9-11-21(12-10-19)25-16-14-23(18-25,13-5-6-15-24)22(26)27-17-20-7-3-2-4-8-20/h2-4,7-12H,5-6,13-18H2,1H3. The van der Waals surface area contributed by atoms with Crippen molar-refractivity contribution in [2.75, 3.05) is 23.3 Å². The van der Waals surface area contributed by atoms with Crippen molar-refractivity contribution >= 4 is 27.6 Å². The van der Waals surface area contributed by atoms with Crippen molar-refractivity contribution in [1.82, 2.24) is 0 Å². The summed E-state index contributed by atoms with van der Waals surface area (Å²) in [6.07, 6.45) is 3.86. The largest absolute Gasteiger partial charge is 0.460 e. The average Bonchev–Trinajstić information content (AvgIpc) is 3.13. The molecule has 0 amide bonds. The Morgan fingerprint density at radius 1 is 1.11 bits per heavy atom. The Kier molecular flexibility index (Phi) is 6.95. The fraction of sp³-hybridized carbons (Fsp3) is 0.435. The SMILES string of the molecule is Cc1ccc(N2CCC(CCCCBr)(C(=O)OCc3ccccc3)C2)cc1. The van der Waals surface area contributed by atoms with Gasteiger partial charge in [-0.15, -0.1) is 0 Å². The molecule has 1 unspecified atom stereocenters. The van der Waals surface area contributed by atoms with E-state index in [0.717, 1.165) is 49.7 Å². The second-order valence-electron chi connectivity index (χ2n) is 7.50.